The first kappa shape index (κ1) is 30.3. The van der Waals surface area contributed by atoms with E-state index < -0.39 is 0 Å². The Kier molecular flexibility index (Phi) is 9.10. The lowest BCUT2D eigenvalue weighted by Crippen LogP contribution is -2.28. The van der Waals surface area contributed by atoms with Gasteiger partial charge in [-0.2, -0.15) is 0 Å². The summed E-state index contributed by atoms with van der Waals surface area (Å²) in [6.45, 7) is 6.38. The maximum atomic E-state index is 3.35. The van der Waals surface area contributed by atoms with E-state index in [2.05, 4.69) is 194 Å². The van der Waals surface area contributed by atoms with Crippen LogP contribution in [0.25, 0.3) is 21.9 Å². The molecule has 0 saturated heterocycles. The summed E-state index contributed by atoms with van der Waals surface area (Å²) in [6, 6.07) is 60.7. The third-order valence-corrected chi connectivity index (χ3v) is 9.06. The molecule has 0 heterocycles. The second kappa shape index (κ2) is 13.5. The SMILES string of the molecule is Cc1ccc(Br)cc1.Cc1ccc2c(c1)C(c1ccccc1)(c1ccccc1)c1ccccc1-2.Cc1ccc2ccccc2c1. The molecule has 0 radical (unpaired) electrons. The highest BCUT2D eigenvalue weighted by atomic mass is 79.9. The minimum Gasteiger partial charge on any atom is -0.0622 e. The van der Waals surface area contributed by atoms with Crippen molar-refractivity contribution in [3.05, 3.63) is 213 Å². The number of halogens is 1. The molecule has 220 valence electrons. The molecule has 1 aliphatic rings. The molecule has 0 atom stereocenters. The molecule has 7 aromatic carbocycles. The Morgan fingerprint density at radius 3 is 1.51 bits per heavy atom. The maximum absolute atomic E-state index is 3.35. The fraction of sp³-hybridized carbons (Fsp3) is 0.0909. The zero-order valence-electron chi connectivity index (χ0n) is 26.0. The second-order valence-electron chi connectivity index (χ2n) is 11.7. The van der Waals surface area contributed by atoms with Gasteiger partial charge in [-0.3, -0.25) is 0 Å². The molecule has 0 fully saturated rings. The highest BCUT2D eigenvalue weighted by Crippen LogP contribution is 2.56. The summed E-state index contributed by atoms with van der Waals surface area (Å²) in [6.07, 6.45) is 0. The van der Waals surface area contributed by atoms with E-state index in [-0.39, 0.29) is 5.41 Å². The number of benzene rings is 7. The Balaban J connectivity index is 0.000000153. The molecular formula is C44H37Br. The lowest BCUT2D eigenvalue weighted by molar-refractivity contribution is 0.767. The zero-order chi connectivity index (χ0) is 31.2. The van der Waals surface area contributed by atoms with Crippen molar-refractivity contribution >= 4 is 26.7 Å². The largest absolute Gasteiger partial charge is 0.0713 e. The first-order valence-corrected chi connectivity index (χ1v) is 16.3. The third kappa shape index (κ3) is 6.27. The van der Waals surface area contributed by atoms with E-state index in [1.165, 1.54) is 60.8 Å². The summed E-state index contributed by atoms with van der Waals surface area (Å²) in [5, 5.41) is 2.64. The molecule has 0 aromatic heterocycles. The normalized spacial score (nSPS) is 12.2. The monoisotopic (exact) mass is 644 g/mol. The molecule has 0 saturated carbocycles. The fourth-order valence-corrected chi connectivity index (χ4v) is 6.66. The number of rotatable bonds is 2. The molecule has 0 aliphatic heterocycles. The smallest absolute Gasteiger partial charge is 0.0622 e. The Labute approximate surface area is 276 Å². The fourth-order valence-electron chi connectivity index (χ4n) is 6.40. The predicted molar refractivity (Wildman–Crippen MR) is 196 cm³/mol. The van der Waals surface area contributed by atoms with Crippen LogP contribution in [0.1, 0.15) is 38.9 Å². The van der Waals surface area contributed by atoms with E-state index in [1.807, 2.05) is 12.1 Å². The van der Waals surface area contributed by atoms with E-state index in [4.69, 9.17) is 0 Å². The molecule has 0 amide bonds. The number of aryl methyl sites for hydroxylation is 3. The molecular weight excluding hydrogens is 608 g/mol. The van der Waals surface area contributed by atoms with Gasteiger partial charge in [0, 0.05) is 4.47 Å². The van der Waals surface area contributed by atoms with Crippen molar-refractivity contribution in [2.24, 2.45) is 0 Å². The molecule has 7 aromatic rings. The van der Waals surface area contributed by atoms with Crippen LogP contribution in [0.2, 0.25) is 0 Å². The molecule has 0 nitrogen and oxygen atoms in total. The van der Waals surface area contributed by atoms with Gasteiger partial charge in [0.25, 0.3) is 0 Å². The Morgan fingerprint density at radius 1 is 0.378 bits per heavy atom. The van der Waals surface area contributed by atoms with Gasteiger partial charge in [-0.05, 0) is 77.1 Å². The van der Waals surface area contributed by atoms with Gasteiger partial charge in [-0.15, -0.1) is 0 Å². The van der Waals surface area contributed by atoms with Crippen molar-refractivity contribution < 1.29 is 0 Å². The van der Waals surface area contributed by atoms with Crippen LogP contribution in [0.15, 0.2) is 174 Å². The summed E-state index contributed by atoms with van der Waals surface area (Å²) in [5.74, 6) is 0. The third-order valence-electron chi connectivity index (χ3n) is 8.53. The summed E-state index contributed by atoms with van der Waals surface area (Å²) in [5.41, 5.74) is 11.7. The van der Waals surface area contributed by atoms with Gasteiger partial charge in [0.15, 0.2) is 0 Å². The van der Waals surface area contributed by atoms with E-state index in [0.717, 1.165) is 4.47 Å². The van der Waals surface area contributed by atoms with Crippen LogP contribution < -0.4 is 0 Å². The average molecular weight is 646 g/mol. The summed E-state index contributed by atoms with van der Waals surface area (Å²) in [4.78, 5) is 0. The molecule has 0 spiro atoms. The molecule has 1 aliphatic carbocycles. The Morgan fingerprint density at radius 2 is 0.867 bits per heavy atom. The molecule has 1 heteroatoms. The standard InChI is InChI=1S/C26H20.C11H10.C7H7Br/c1-19-16-17-23-22-14-8-9-15-24(22)26(25(23)18-19,20-10-4-2-5-11-20)21-12-6-3-7-13-21;1-9-6-7-10-4-2-3-5-11(10)8-9;1-6-2-4-7(8)5-3-6/h2-18H,1H3;2-8H,1H3;2-5H,1H3. The minimum absolute atomic E-state index is 0.263. The highest BCUT2D eigenvalue weighted by Gasteiger charge is 2.45. The Hall–Kier alpha value is -4.72. The number of fused-ring (bicyclic) bond motifs is 4. The van der Waals surface area contributed by atoms with Crippen molar-refractivity contribution in [3.63, 3.8) is 0 Å². The lowest BCUT2D eigenvalue weighted by atomic mass is 9.67. The second-order valence-corrected chi connectivity index (χ2v) is 12.6. The van der Waals surface area contributed by atoms with Gasteiger partial charge in [0.2, 0.25) is 0 Å². The molecule has 0 N–H and O–H groups in total. The average Bonchev–Trinajstić information content (AvgIpc) is 3.37. The summed E-state index contributed by atoms with van der Waals surface area (Å²) < 4.78 is 1.14. The summed E-state index contributed by atoms with van der Waals surface area (Å²) >= 11 is 3.35. The first-order valence-electron chi connectivity index (χ1n) is 15.5. The van der Waals surface area contributed by atoms with Gasteiger partial charge in [-0.1, -0.05) is 190 Å². The molecule has 45 heavy (non-hydrogen) atoms. The lowest BCUT2D eigenvalue weighted by Gasteiger charge is -2.34. The first-order chi connectivity index (χ1) is 22.0. The van der Waals surface area contributed by atoms with Crippen LogP contribution in [0.4, 0.5) is 0 Å². The van der Waals surface area contributed by atoms with Crippen LogP contribution >= 0.6 is 15.9 Å². The van der Waals surface area contributed by atoms with E-state index in [0.29, 0.717) is 0 Å². The van der Waals surface area contributed by atoms with Gasteiger partial charge >= 0.3 is 0 Å². The molecule has 0 unspecified atom stereocenters. The topological polar surface area (TPSA) is 0 Å². The molecule has 0 bridgehead atoms. The van der Waals surface area contributed by atoms with Crippen molar-refractivity contribution in [1.29, 1.82) is 0 Å². The van der Waals surface area contributed by atoms with E-state index >= 15 is 0 Å². The van der Waals surface area contributed by atoms with E-state index in [1.54, 1.807) is 0 Å². The van der Waals surface area contributed by atoms with Crippen LogP contribution in [-0.2, 0) is 5.41 Å². The highest BCUT2D eigenvalue weighted by molar-refractivity contribution is 9.10. The van der Waals surface area contributed by atoms with Gasteiger partial charge in [0.05, 0.1) is 5.41 Å². The number of hydrogen-bond donors (Lipinski definition) is 0. The van der Waals surface area contributed by atoms with Crippen LogP contribution in [0.3, 0.4) is 0 Å². The minimum atomic E-state index is -0.263. The van der Waals surface area contributed by atoms with Crippen molar-refractivity contribution in [2.75, 3.05) is 0 Å². The van der Waals surface area contributed by atoms with Crippen LogP contribution in [-0.4, -0.2) is 0 Å². The maximum Gasteiger partial charge on any atom is 0.0713 e. The predicted octanol–water partition coefficient (Wildman–Crippen LogP) is 12.3. The van der Waals surface area contributed by atoms with Crippen molar-refractivity contribution in [3.8, 4) is 11.1 Å². The van der Waals surface area contributed by atoms with Crippen molar-refractivity contribution in [2.45, 2.75) is 26.2 Å². The van der Waals surface area contributed by atoms with Crippen molar-refractivity contribution in [1.82, 2.24) is 0 Å². The summed E-state index contributed by atoms with van der Waals surface area (Å²) in [7, 11) is 0. The van der Waals surface area contributed by atoms with Crippen LogP contribution in [0, 0.1) is 20.8 Å². The molecule has 8 rings (SSSR count). The number of hydrogen-bond acceptors (Lipinski definition) is 0. The Bertz CT molecular complexity index is 1960. The van der Waals surface area contributed by atoms with Gasteiger partial charge in [0.1, 0.15) is 0 Å². The zero-order valence-corrected chi connectivity index (χ0v) is 27.6. The van der Waals surface area contributed by atoms with Crippen LogP contribution in [0.5, 0.6) is 0 Å². The van der Waals surface area contributed by atoms with Gasteiger partial charge in [-0.25, -0.2) is 0 Å². The van der Waals surface area contributed by atoms with E-state index in [9.17, 15) is 0 Å². The quantitative estimate of drug-likeness (QED) is 0.176. The van der Waals surface area contributed by atoms with Gasteiger partial charge < -0.3 is 0 Å².